The quantitative estimate of drug-likeness (QED) is 0.677. The number of rotatable bonds is 2. The second-order valence-corrected chi connectivity index (χ2v) is 9.59. The molecule has 4 saturated carbocycles. The Bertz CT molecular complexity index is 934. The van der Waals surface area contributed by atoms with Gasteiger partial charge in [0.25, 0.3) is 0 Å². The molecule has 0 radical (unpaired) electrons. The molecular formula is C20H22N4S. The van der Waals surface area contributed by atoms with Gasteiger partial charge in [0.2, 0.25) is 4.96 Å². The number of hydrogen-bond acceptors (Lipinski definition) is 4. The molecule has 0 aliphatic heterocycles. The summed E-state index contributed by atoms with van der Waals surface area (Å²) in [6.45, 7) is 2.15. The summed E-state index contributed by atoms with van der Waals surface area (Å²) in [5.41, 5.74) is 2.73. The van der Waals surface area contributed by atoms with Crippen LogP contribution in [-0.2, 0) is 5.41 Å². The van der Waals surface area contributed by atoms with E-state index in [4.69, 9.17) is 5.10 Å². The van der Waals surface area contributed by atoms with Crippen LogP contribution in [0.25, 0.3) is 15.5 Å². The molecule has 3 aromatic rings. The third-order valence-electron chi connectivity index (χ3n) is 6.88. The molecule has 25 heavy (non-hydrogen) atoms. The van der Waals surface area contributed by atoms with Crippen LogP contribution in [0, 0.1) is 24.7 Å². The lowest BCUT2D eigenvalue weighted by Gasteiger charge is -2.55. The minimum absolute atomic E-state index is 0.241. The van der Waals surface area contributed by atoms with Crippen LogP contribution in [-0.4, -0.2) is 19.8 Å². The van der Waals surface area contributed by atoms with Gasteiger partial charge in [-0.15, -0.1) is 10.2 Å². The van der Waals surface area contributed by atoms with Gasteiger partial charge >= 0.3 is 0 Å². The Morgan fingerprint density at radius 3 is 2.36 bits per heavy atom. The fourth-order valence-corrected chi connectivity index (χ4v) is 7.18. The minimum Gasteiger partial charge on any atom is -0.186 e. The molecule has 0 spiro atoms. The summed E-state index contributed by atoms with van der Waals surface area (Å²) < 4.78 is 2.08. The van der Waals surface area contributed by atoms with Crippen molar-refractivity contribution in [2.45, 2.75) is 50.9 Å². The van der Waals surface area contributed by atoms with Gasteiger partial charge in [-0.3, -0.25) is 0 Å². The van der Waals surface area contributed by atoms with Crippen LogP contribution in [0.3, 0.4) is 0 Å². The van der Waals surface area contributed by atoms with Crippen LogP contribution in [0.15, 0.2) is 24.3 Å². The zero-order valence-electron chi connectivity index (χ0n) is 14.5. The Hall–Kier alpha value is -1.75. The maximum atomic E-state index is 4.97. The van der Waals surface area contributed by atoms with Gasteiger partial charge in [0.15, 0.2) is 5.82 Å². The maximum Gasteiger partial charge on any atom is 0.235 e. The molecule has 0 unspecified atom stereocenters. The highest BCUT2D eigenvalue weighted by atomic mass is 32.1. The van der Waals surface area contributed by atoms with Crippen LogP contribution in [0.4, 0.5) is 0 Å². The van der Waals surface area contributed by atoms with Crippen LogP contribution in [0.5, 0.6) is 0 Å². The van der Waals surface area contributed by atoms with E-state index in [0.29, 0.717) is 0 Å². The maximum absolute atomic E-state index is 4.97. The molecule has 128 valence electrons. The van der Waals surface area contributed by atoms with Crippen LogP contribution < -0.4 is 0 Å². The van der Waals surface area contributed by atoms with E-state index in [1.807, 2.05) is 0 Å². The van der Waals surface area contributed by atoms with Gasteiger partial charge in [-0.25, -0.2) is 0 Å². The van der Waals surface area contributed by atoms with Crippen molar-refractivity contribution in [2.24, 2.45) is 17.8 Å². The Kier molecular flexibility index (Phi) is 2.83. The first kappa shape index (κ1) is 14.4. The summed E-state index contributed by atoms with van der Waals surface area (Å²) in [5.74, 6) is 3.88. The summed E-state index contributed by atoms with van der Waals surface area (Å²) >= 11 is 1.67. The number of hydrogen-bond donors (Lipinski definition) is 0. The molecule has 5 heteroatoms. The SMILES string of the molecule is Cc1ccccc1-c1nn2c(C34CC5CC(CC(C5)C3)C4)nnc2s1. The van der Waals surface area contributed by atoms with Gasteiger partial charge < -0.3 is 0 Å². The van der Waals surface area contributed by atoms with Gasteiger partial charge in [0.05, 0.1) is 0 Å². The Morgan fingerprint density at radius 2 is 1.68 bits per heavy atom. The Labute approximate surface area is 151 Å². The summed E-state index contributed by atoms with van der Waals surface area (Å²) in [5, 5.41) is 15.2. The number of aryl methyl sites for hydroxylation is 1. The summed E-state index contributed by atoms with van der Waals surface area (Å²) in [6.07, 6.45) is 8.26. The van der Waals surface area contributed by atoms with E-state index in [-0.39, 0.29) is 5.41 Å². The second-order valence-electron chi connectivity index (χ2n) is 8.64. The highest BCUT2D eigenvalue weighted by Gasteiger charge is 2.54. The predicted molar refractivity (Wildman–Crippen MR) is 98.7 cm³/mol. The Morgan fingerprint density at radius 1 is 1.00 bits per heavy atom. The average molecular weight is 350 g/mol. The molecule has 0 N–H and O–H groups in total. The van der Waals surface area contributed by atoms with E-state index < -0.39 is 0 Å². The fraction of sp³-hybridized carbons (Fsp3) is 0.550. The predicted octanol–water partition coefficient (Wildman–Crippen LogP) is 4.63. The first-order chi connectivity index (χ1) is 12.2. The third-order valence-corrected chi connectivity index (χ3v) is 7.81. The molecule has 4 nitrogen and oxygen atoms in total. The molecule has 2 aromatic heterocycles. The lowest BCUT2D eigenvalue weighted by Crippen LogP contribution is -2.49. The first-order valence-corrected chi connectivity index (χ1v) is 10.3. The van der Waals surface area contributed by atoms with Crippen molar-refractivity contribution in [3.05, 3.63) is 35.7 Å². The standard InChI is InChI=1S/C20H22N4S/c1-12-4-2-3-5-16(12)17-23-24-18(21-22-19(24)25-17)20-9-13-6-14(10-20)8-15(7-13)11-20/h2-5,13-15H,6-11H2,1H3. The summed E-state index contributed by atoms with van der Waals surface area (Å²) in [4.78, 5) is 0.948. The number of fused-ring (bicyclic) bond motifs is 1. The lowest BCUT2D eigenvalue weighted by atomic mass is 9.49. The first-order valence-electron chi connectivity index (χ1n) is 9.49. The third kappa shape index (κ3) is 2.02. The number of benzene rings is 1. The number of nitrogens with zero attached hydrogens (tertiary/aromatic N) is 4. The van der Waals surface area contributed by atoms with Gasteiger partial charge in [-0.1, -0.05) is 35.6 Å². The smallest absolute Gasteiger partial charge is 0.186 e. The lowest BCUT2D eigenvalue weighted by molar-refractivity contribution is -0.0103. The van der Waals surface area contributed by atoms with E-state index in [0.717, 1.165) is 33.5 Å². The van der Waals surface area contributed by atoms with Crippen molar-refractivity contribution >= 4 is 16.3 Å². The molecule has 1 aromatic carbocycles. The normalized spacial score (nSPS) is 33.4. The summed E-state index contributed by atoms with van der Waals surface area (Å²) in [6, 6.07) is 8.48. The van der Waals surface area contributed by atoms with Crippen molar-refractivity contribution in [1.29, 1.82) is 0 Å². The van der Waals surface area contributed by atoms with Crippen molar-refractivity contribution < 1.29 is 0 Å². The molecule has 0 amide bonds. The average Bonchev–Trinajstić information content (AvgIpc) is 3.14. The second kappa shape index (κ2) is 4.91. The molecule has 4 fully saturated rings. The van der Waals surface area contributed by atoms with Gasteiger partial charge in [0, 0.05) is 11.0 Å². The fourth-order valence-electron chi connectivity index (χ4n) is 6.25. The zero-order valence-corrected chi connectivity index (χ0v) is 15.3. The van der Waals surface area contributed by atoms with Crippen molar-refractivity contribution in [3.8, 4) is 10.6 Å². The Balaban J connectivity index is 1.48. The monoisotopic (exact) mass is 350 g/mol. The summed E-state index contributed by atoms with van der Waals surface area (Å²) in [7, 11) is 0. The van der Waals surface area contributed by atoms with E-state index in [1.165, 1.54) is 49.7 Å². The molecule has 2 heterocycles. The molecule has 0 saturated heterocycles. The van der Waals surface area contributed by atoms with E-state index in [9.17, 15) is 0 Å². The molecule has 0 atom stereocenters. The molecular weight excluding hydrogens is 328 g/mol. The van der Waals surface area contributed by atoms with Crippen molar-refractivity contribution in [3.63, 3.8) is 0 Å². The highest BCUT2D eigenvalue weighted by molar-refractivity contribution is 7.19. The van der Waals surface area contributed by atoms with Crippen molar-refractivity contribution in [1.82, 2.24) is 19.8 Å². The van der Waals surface area contributed by atoms with Crippen molar-refractivity contribution in [2.75, 3.05) is 0 Å². The molecule has 4 aliphatic carbocycles. The topological polar surface area (TPSA) is 43.1 Å². The van der Waals surface area contributed by atoms with Crippen LogP contribution in [0.1, 0.15) is 49.9 Å². The van der Waals surface area contributed by atoms with Gasteiger partial charge in [0.1, 0.15) is 5.01 Å². The van der Waals surface area contributed by atoms with Gasteiger partial charge in [-0.05, 0) is 68.8 Å². The largest absolute Gasteiger partial charge is 0.235 e. The molecule has 4 aliphatic rings. The van der Waals surface area contributed by atoms with E-state index >= 15 is 0 Å². The van der Waals surface area contributed by atoms with Crippen LogP contribution in [0.2, 0.25) is 0 Å². The highest BCUT2D eigenvalue weighted by Crippen LogP contribution is 2.60. The minimum atomic E-state index is 0.241. The zero-order chi connectivity index (χ0) is 16.6. The van der Waals surface area contributed by atoms with E-state index in [2.05, 4.69) is 45.9 Å². The molecule has 4 bridgehead atoms. The molecule has 7 rings (SSSR count). The van der Waals surface area contributed by atoms with E-state index in [1.54, 1.807) is 11.3 Å². The van der Waals surface area contributed by atoms with Gasteiger partial charge in [-0.2, -0.15) is 9.61 Å². The van der Waals surface area contributed by atoms with Crippen LogP contribution >= 0.6 is 11.3 Å². The number of aromatic nitrogens is 4.